The lowest BCUT2D eigenvalue weighted by atomic mass is 9.81. The van der Waals surface area contributed by atoms with Crippen LogP contribution in [-0.4, -0.2) is 4.98 Å². The molecule has 37 heavy (non-hydrogen) atoms. The molecule has 1 aliphatic carbocycles. The first-order chi connectivity index (χ1) is 18.1. The average Bonchev–Trinajstić information content (AvgIpc) is 3.17. The zero-order valence-corrected chi connectivity index (χ0v) is 20.9. The summed E-state index contributed by atoms with van der Waals surface area (Å²) >= 11 is 0. The van der Waals surface area contributed by atoms with Crippen molar-refractivity contribution < 1.29 is 0 Å². The summed E-state index contributed by atoms with van der Waals surface area (Å²) in [6.07, 6.45) is 0. The Morgan fingerprint density at radius 2 is 1.08 bits per heavy atom. The lowest BCUT2D eigenvalue weighted by molar-refractivity contribution is 0.661. The number of pyridine rings is 1. The van der Waals surface area contributed by atoms with Gasteiger partial charge in [0, 0.05) is 16.4 Å². The van der Waals surface area contributed by atoms with Gasteiger partial charge in [0.15, 0.2) is 0 Å². The third kappa shape index (κ3) is 2.83. The third-order valence-electron chi connectivity index (χ3n) is 8.43. The Hall–Kier alpha value is -4.49. The average molecular weight is 472 g/mol. The zero-order valence-electron chi connectivity index (χ0n) is 20.9. The predicted octanol–water partition coefficient (Wildman–Crippen LogP) is 9.67. The molecule has 1 heterocycles. The lowest BCUT2D eigenvalue weighted by Gasteiger charge is -2.22. The molecule has 6 aromatic carbocycles. The van der Waals surface area contributed by atoms with Gasteiger partial charge in [0.1, 0.15) is 0 Å². The van der Waals surface area contributed by atoms with Crippen molar-refractivity contribution in [2.75, 3.05) is 0 Å². The van der Waals surface area contributed by atoms with E-state index in [1.54, 1.807) is 0 Å². The van der Waals surface area contributed by atoms with Gasteiger partial charge in [-0.3, -0.25) is 0 Å². The van der Waals surface area contributed by atoms with Gasteiger partial charge in [0.25, 0.3) is 0 Å². The summed E-state index contributed by atoms with van der Waals surface area (Å²) in [7, 11) is 0. The number of hydrogen-bond acceptors (Lipinski definition) is 1. The number of rotatable bonds is 1. The Morgan fingerprint density at radius 1 is 0.486 bits per heavy atom. The normalized spacial score (nSPS) is 13.9. The summed E-state index contributed by atoms with van der Waals surface area (Å²) in [5, 5.41) is 9.12. The van der Waals surface area contributed by atoms with Gasteiger partial charge in [0.2, 0.25) is 0 Å². The van der Waals surface area contributed by atoms with Gasteiger partial charge in [-0.15, -0.1) is 0 Å². The van der Waals surface area contributed by atoms with Crippen LogP contribution >= 0.6 is 0 Å². The van der Waals surface area contributed by atoms with Crippen molar-refractivity contribution in [3.8, 4) is 22.4 Å². The quantitative estimate of drug-likeness (QED) is 0.217. The first-order valence-corrected chi connectivity index (χ1v) is 13.0. The molecule has 0 unspecified atom stereocenters. The molecule has 0 spiro atoms. The Morgan fingerprint density at radius 3 is 1.81 bits per heavy atom. The highest BCUT2D eigenvalue weighted by Gasteiger charge is 2.36. The minimum absolute atomic E-state index is 0.0685. The van der Waals surface area contributed by atoms with Crippen LogP contribution in [0.4, 0.5) is 0 Å². The van der Waals surface area contributed by atoms with Gasteiger partial charge < -0.3 is 0 Å². The van der Waals surface area contributed by atoms with Crippen molar-refractivity contribution in [1.82, 2.24) is 4.98 Å². The summed E-state index contributed by atoms with van der Waals surface area (Å²) in [5.74, 6) is 0. The van der Waals surface area contributed by atoms with E-state index in [1.807, 2.05) is 0 Å². The second-order valence-electron chi connectivity index (χ2n) is 10.8. The molecule has 7 aromatic rings. The highest BCUT2D eigenvalue weighted by molar-refractivity contribution is 6.26. The number of para-hydroxylation sites is 1. The van der Waals surface area contributed by atoms with E-state index in [1.165, 1.54) is 60.0 Å². The lowest BCUT2D eigenvalue weighted by Crippen LogP contribution is -2.14. The van der Waals surface area contributed by atoms with Crippen molar-refractivity contribution in [1.29, 1.82) is 0 Å². The van der Waals surface area contributed by atoms with Gasteiger partial charge in [-0.05, 0) is 84.9 Å². The number of hydrogen-bond donors (Lipinski definition) is 0. The minimum Gasteiger partial charge on any atom is -0.248 e. The van der Waals surface area contributed by atoms with Crippen molar-refractivity contribution >= 4 is 43.2 Å². The van der Waals surface area contributed by atoms with Crippen LogP contribution in [0.3, 0.4) is 0 Å². The second kappa shape index (κ2) is 7.27. The summed E-state index contributed by atoms with van der Waals surface area (Å²) in [5.41, 5.74) is 8.60. The van der Waals surface area contributed by atoms with Gasteiger partial charge in [-0.25, -0.2) is 4.98 Å². The Labute approximate surface area is 216 Å². The van der Waals surface area contributed by atoms with E-state index in [4.69, 9.17) is 4.98 Å². The molecule has 0 amide bonds. The van der Waals surface area contributed by atoms with Crippen LogP contribution in [0.1, 0.15) is 25.0 Å². The van der Waals surface area contributed by atoms with Crippen LogP contribution < -0.4 is 0 Å². The molecule has 1 aromatic heterocycles. The smallest absolute Gasteiger partial charge is 0.0709 e. The molecule has 1 heteroatoms. The molecule has 8 rings (SSSR count). The van der Waals surface area contributed by atoms with Crippen molar-refractivity contribution in [2.45, 2.75) is 19.3 Å². The molecule has 1 nitrogen and oxygen atoms in total. The largest absolute Gasteiger partial charge is 0.248 e. The minimum atomic E-state index is -0.0685. The number of nitrogens with zero attached hydrogens (tertiary/aromatic N) is 1. The van der Waals surface area contributed by atoms with Gasteiger partial charge in [0.05, 0.1) is 11.2 Å². The van der Waals surface area contributed by atoms with Crippen LogP contribution in [0.5, 0.6) is 0 Å². The zero-order chi connectivity index (χ0) is 24.7. The summed E-state index contributed by atoms with van der Waals surface area (Å²) in [6, 6.07) is 42.2. The van der Waals surface area contributed by atoms with Crippen molar-refractivity contribution in [3.63, 3.8) is 0 Å². The summed E-state index contributed by atoms with van der Waals surface area (Å²) in [4.78, 5) is 4.99. The molecule has 0 saturated carbocycles. The number of aromatic nitrogens is 1. The Balaban J connectivity index is 1.42. The van der Waals surface area contributed by atoms with E-state index in [0.717, 1.165) is 16.8 Å². The van der Waals surface area contributed by atoms with E-state index in [9.17, 15) is 0 Å². The molecule has 174 valence electrons. The standard InChI is InChI=1S/C36H25N/c1-36(2)32-17-15-23(35-18-16-22-9-3-8-14-34(22)37-35)19-30(32)31-20-28-26-12-6-4-10-24(26)25-11-5-7-13-27(25)29(28)21-33(31)36/h3-21H,1-2H3. The maximum Gasteiger partial charge on any atom is 0.0709 e. The fourth-order valence-corrected chi connectivity index (χ4v) is 6.53. The Bertz CT molecular complexity index is 2060. The molecule has 0 radical (unpaired) electrons. The van der Waals surface area contributed by atoms with Crippen LogP contribution in [0.2, 0.25) is 0 Å². The maximum atomic E-state index is 4.99. The fourth-order valence-electron chi connectivity index (χ4n) is 6.53. The van der Waals surface area contributed by atoms with Crippen LogP contribution in [0.15, 0.2) is 115 Å². The first-order valence-electron chi connectivity index (χ1n) is 13.0. The Kier molecular flexibility index (Phi) is 4.06. The van der Waals surface area contributed by atoms with Crippen molar-refractivity contribution in [2.24, 2.45) is 0 Å². The van der Waals surface area contributed by atoms with E-state index in [-0.39, 0.29) is 5.41 Å². The van der Waals surface area contributed by atoms with Crippen LogP contribution in [-0.2, 0) is 5.41 Å². The highest BCUT2D eigenvalue weighted by Crippen LogP contribution is 2.52. The molecule has 0 aliphatic heterocycles. The molecular weight excluding hydrogens is 446 g/mol. The molecule has 0 atom stereocenters. The number of benzene rings is 6. The second-order valence-corrected chi connectivity index (χ2v) is 10.8. The van der Waals surface area contributed by atoms with Crippen LogP contribution in [0.25, 0.3) is 65.6 Å². The summed E-state index contributed by atoms with van der Waals surface area (Å²) < 4.78 is 0. The SMILES string of the molecule is CC1(C)c2ccc(-c3ccc4ccccc4n3)cc2-c2cc3c4ccccc4c4ccccc4c3cc21. The van der Waals surface area contributed by atoms with E-state index >= 15 is 0 Å². The molecule has 0 fully saturated rings. The molecule has 0 bridgehead atoms. The van der Waals surface area contributed by atoms with E-state index in [0.29, 0.717) is 0 Å². The highest BCUT2D eigenvalue weighted by atomic mass is 14.7. The van der Waals surface area contributed by atoms with Crippen LogP contribution in [0, 0.1) is 0 Å². The molecule has 0 N–H and O–H groups in total. The molecule has 0 saturated heterocycles. The van der Waals surface area contributed by atoms with Crippen molar-refractivity contribution in [3.05, 3.63) is 126 Å². The third-order valence-corrected chi connectivity index (χ3v) is 8.43. The van der Waals surface area contributed by atoms with E-state index in [2.05, 4.69) is 129 Å². The summed E-state index contributed by atoms with van der Waals surface area (Å²) in [6.45, 7) is 4.72. The molecule has 1 aliphatic rings. The fraction of sp³-hybridized carbons (Fsp3) is 0.0833. The first kappa shape index (κ1) is 20.7. The monoisotopic (exact) mass is 471 g/mol. The number of fused-ring (bicyclic) bond motifs is 10. The molecular formula is C36H25N. The van der Waals surface area contributed by atoms with Gasteiger partial charge in [-0.1, -0.05) is 98.8 Å². The van der Waals surface area contributed by atoms with E-state index < -0.39 is 0 Å². The van der Waals surface area contributed by atoms with Gasteiger partial charge in [-0.2, -0.15) is 0 Å². The topological polar surface area (TPSA) is 12.9 Å². The predicted molar refractivity (Wildman–Crippen MR) is 157 cm³/mol. The maximum absolute atomic E-state index is 4.99. The van der Waals surface area contributed by atoms with Gasteiger partial charge >= 0.3 is 0 Å².